The maximum Gasteiger partial charge on any atom is 0.257 e. The number of carbonyl (C=O) groups is 1. The molecule has 1 aromatic heterocycles. The van der Waals surface area contributed by atoms with Crippen LogP contribution in [0.3, 0.4) is 0 Å². The van der Waals surface area contributed by atoms with E-state index in [-0.39, 0.29) is 5.91 Å². The average molecular weight is 439 g/mol. The Morgan fingerprint density at radius 3 is 2.45 bits per heavy atom. The number of amides is 1. The number of hydrogen-bond donors (Lipinski definition) is 1. The van der Waals surface area contributed by atoms with Gasteiger partial charge >= 0.3 is 0 Å². The van der Waals surface area contributed by atoms with Gasteiger partial charge in [0.05, 0.1) is 0 Å². The third-order valence-electron chi connectivity index (χ3n) is 2.86. The molecule has 0 fully saturated rings. The molecule has 0 unspecified atom stereocenters. The summed E-state index contributed by atoms with van der Waals surface area (Å²) in [6, 6.07) is 14.9. The standard InChI is InChI=1S/C15H9Br2N3OS/c16-10-7-5-9(6-8-10)13(21)18-15-20-19-14(22-15)11-3-1-2-4-12(11)17/h1-8H,(H,18,20,21). The minimum atomic E-state index is -0.206. The van der Waals surface area contributed by atoms with Crippen molar-refractivity contribution in [3.8, 4) is 10.6 Å². The highest BCUT2D eigenvalue weighted by molar-refractivity contribution is 9.10. The molecule has 0 saturated heterocycles. The minimum Gasteiger partial charge on any atom is -0.296 e. The Balaban J connectivity index is 1.78. The van der Waals surface area contributed by atoms with Crippen LogP contribution in [0.4, 0.5) is 5.13 Å². The van der Waals surface area contributed by atoms with Gasteiger partial charge in [0.25, 0.3) is 5.91 Å². The summed E-state index contributed by atoms with van der Waals surface area (Å²) in [7, 11) is 0. The fourth-order valence-corrected chi connectivity index (χ4v) is 3.43. The summed E-state index contributed by atoms with van der Waals surface area (Å²) in [5.74, 6) is -0.206. The number of rotatable bonds is 3. The monoisotopic (exact) mass is 437 g/mol. The number of nitrogens with zero attached hydrogens (tertiary/aromatic N) is 2. The molecule has 1 amide bonds. The topological polar surface area (TPSA) is 54.9 Å². The van der Waals surface area contributed by atoms with Gasteiger partial charge < -0.3 is 0 Å². The first-order valence-corrected chi connectivity index (χ1v) is 8.69. The molecule has 0 radical (unpaired) electrons. The van der Waals surface area contributed by atoms with Gasteiger partial charge in [-0.25, -0.2) is 0 Å². The van der Waals surface area contributed by atoms with Crippen LogP contribution in [0.25, 0.3) is 10.6 Å². The van der Waals surface area contributed by atoms with Crippen molar-refractivity contribution in [3.63, 3.8) is 0 Å². The summed E-state index contributed by atoms with van der Waals surface area (Å²) in [6.07, 6.45) is 0. The molecule has 0 spiro atoms. The number of aromatic nitrogens is 2. The molecule has 2 aromatic carbocycles. The van der Waals surface area contributed by atoms with E-state index in [4.69, 9.17) is 0 Å². The quantitative estimate of drug-likeness (QED) is 0.627. The molecule has 0 atom stereocenters. The van der Waals surface area contributed by atoms with Crippen LogP contribution in [0.2, 0.25) is 0 Å². The lowest BCUT2D eigenvalue weighted by Crippen LogP contribution is -2.11. The summed E-state index contributed by atoms with van der Waals surface area (Å²) < 4.78 is 1.87. The van der Waals surface area contributed by atoms with Gasteiger partial charge in [0.2, 0.25) is 5.13 Å². The number of halogens is 2. The lowest BCUT2D eigenvalue weighted by molar-refractivity contribution is 0.102. The van der Waals surface area contributed by atoms with Crippen molar-refractivity contribution in [1.29, 1.82) is 0 Å². The van der Waals surface area contributed by atoms with Crippen LogP contribution in [0, 0.1) is 0 Å². The zero-order valence-corrected chi connectivity index (χ0v) is 15.1. The number of hydrogen-bond acceptors (Lipinski definition) is 4. The van der Waals surface area contributed by atoms with E-state index in [0.29, 0.717) is 10.7 Å². The number of nitrogens with one attached hydrogen (secondary N) is 1. The van der Waals surface area contributed by atoms with E-state index < -0.39 is 0 Å². The largest absolute Gasteiger partial charge is 0.296 e. The fraction of sp³-hybridized carbons (Fsp3) is 0. The first-order chi connectivity index (χ1) is 10.6. The van der Waals surface area contributed by atoms with Gasteiger partial charge in [0.1, 0.15) is 0 Å². The maximum atomic E-state index is 12.1. The van der Waals surface area contributed by atoms with Crippen molar-refractivity contribution in [2.75, 3.05) is 5.32 Å². The third kappa shape index (κ3) is 3.43. The van der Waals surface area contributed by atoms with Crippen LogP contribution in [0.5, 0.6) is 0 Å². The third-order valence-corrected chi connectivity index (χ3v) is 4.95. The van der Waals surface area contributed by atoms with E-state index in [9.17, 15) is 4.79 Å². The fourth-order valence-electron chi connectivity index (χ4n) is 1.79. The number of anilines is 1. The Labute approximate surface area is 147 Å². The van der Waals surface area contributed by atoms with Crippen LogP contribution in [0.15, 0.2) is 57.5 Å². The molecule has 0 aliphatic heterocycles. The van der Waals surface area contributed by atoms with Gasteiger partial charge in [-0.05, 0) is 30.3 Å². The Morgan fingerprint density at radius 1 is 1.00 bits per heavy atom. The van der Waals surface area contributed by atoms with E-state index in [2.05, 4.69) is 47.4 Å². The van der Waals surface area contributed by atoms with E-state index in [1.165, 1.54) is 11.3 Å². The van der Waals surface area contributed by atoms with Crippen LogP contribution in [-0.2, 0) is 0 Å². The molecule has 0 aliphatic carbocycles. The molecular formula is C15H9Br2N3OS. The van der Waals surface area contributed by atoms with Crippen molar-refractivity contribution in [2.24, 2.45) is 0 Å². The lowest BCUT2D eigenvalue weighted by Gasteiger charge is -2.01. The van der Waals surface area contributed by atoms with Gasteiger partial charge in [-0.2, -0.15) is 0 Å². The lowest BCUT2D eigenvalue weighted by atomic mass is 10.2. The second kappa shape index (κ2) is 6.68. The van der Waals surface area contributed by atoms with Crippen LogP contribution < -0.4 is 5.32 Å². The van der Waals surface area contributed by atoms with Gasteiger partial charge in [-0.3, -0.25) is 10.1 Å². The van der Waals surface area contributed by atoms with Crippen LogP contribution in [-0.4, -0.2) is 16.1 Å². The van der Waals surface area contributed by atoms with Gasteiger partial charge in [-0.15, -0.1) is 10.2 Å². The molecule has 3 rings (SSSR count). The zero-order valence-electron chi connectivity index (χ0n) is 11.1. The first-order valence-electron chi connectivity index (χ1n) is 6.29. The predicted molar refractivity (Wildman–Crippen MR) is 95.1 cm³/mol. The van der Waals surface area contributed by atoms with Crippen molar-refractivity contribution < 1.29 is 4.79 Å². The molecule has 7 heteroatoms. The molecule has 1 heterocycles. The molecule has 22 heavy (non-hydrogen) atoms. The van der Waals surface area contributed by atoms with E-state index in [1.807, 2.05) is 36.4 Å². The SMILES string of the molecule is O=C(Nc1nnc(-c2ccccc2Br)s1)c1ccc(Br)cc1. The Morgan fingerprint density at radius 2 is 1.73 bits per heavy atom. The number of carbonyl (C=O) groups excluding carboxylic acids is 1. The molecule has 0 aliphatic rings. The highest BCUT2D eigenvalue weighted by Gasteiger charge is 2.12. The summed E-state index contributed by atoms with van der Waals surface area (Å²) in [5, 5.41) is 12.1. The highest BCUT2D eigenvalue weighted by atomic mass is 79.9. The van der Waals surface area contributed by atoms with Gasteiger partial charge in [0.15, 0.2) is 5.01 Å². The second-order valence-corrected chi connectivity index (χ2v) is 7.10. The normalized spacial score (nSPS) is 10.5. The van der Waals surface area contributed by atoms with E-state index in [1.54, 1.807) is 12.1 Å². The van der Waals surface area contributed by atoms with Gasteiger partial charge in [0, 0.05) is 20.1 Å². The van der Waals surface area contributed by atoms with E-state index in [0.717, 1.165) is 19.5 Å². The second-order valence-electron chi connectivity index (χ2n) is 4.35. The summed E-state index contributed by atoms with van der Waals surface area (Å²) in [6.45, 7) is 0. The summed E-state index contributed by atoms with van der Waals surface area (Å²) in [5.41, 5.74) is 1.52. The predicted octanol–water partition coefficient (Wildman–Crippen LogP) is 4.98. The van der Waals surface area contributed by atoms with E-state index >= 15 is 0 Å². The zero-order chi connectivity index (χ0) is 15.5. The molecule has 4 nitrogen and oxygen atoms in total. The minimum absolute atomic E-state index is 0.206. The van der Waals surface area contributed by atoms with Crippen molar-refractivity contribution in [1.82, 2.24) is 10.2 Å². The molecule has 110 valence electrons. The van der Waals surface area contributed by atoms with Crippen molar-refractivity contribution in [2.45, 2.75) is 0 Å². The first kappa shape index (κ1) is 15.3. The molecule has 3 aromatic rings. The smallest absolute Gasteiger partial charge is 0.257 e. The van der Waals surface area contributed by atoms with Crippen molar-refractivity contribution >= 4 is 54.2 Å². The molecular weight excluding hydrogens is 430 g/mol. The van der Waals surface area contributed by atoms with Gasteiger partial charge in [-0.1, -0.05) is 61.4 Å². The Hall–Kier alpha value is -1.57. The van der Waals surface area contributed by atoms with Crippen LogP contribution >= 0.6 is 43.2 Å². The number of benzene rings is 2. The maximum absolute atomic E-state index is 12.1. The van der Waals surface area contributed by atoms with Crippen LogP contribution in [0.1, 0.15) is 10.4 Å². The molecule has 0 bridgehead atoms. The van der Waals surface area contributed by atoms with Crippen molar-refractivity contribution in [3.05, 3.63) is 63.0 Å². The summed E-state index contributed by atoms with van der Waals surface area (Å²) in [4.78, 5) is 12.1. The highest BCUT2D eigenvalue weighted by Crippen LogP contribution is 2.31. The molecule has 1 N–H and O–H groups in total. The Kier molecular flexibility index (Phi) is 4.66. The average Bonchev–Trinajstić information content (AvgIpc) is 2.96. The summed E-state index contributed by atoms with van der Waals surface area (Å²) >= 11 is 8.16. The molecule has 0 saturated carbocycles. The Bertz CT molecular complexity index is 818.